The first-order chi connectivity index (χ1) is 16.0. The minimum Gasteiger partial charge on any atom is -0.339 e. The van der Waals surface area contributed by atoms with Crippen molar-refractivity contribution in [2.24, 2.45) is 0 Å². The number of rotatable bonds is 8. The quantitative estimate of drug-likeness (QED) is 0.419. The van der Waals surface area contributed by atoms with Crippen LogP contribution in [0.25, 0.3) is 0 Å². The van der Waals surface area contributed by atoms with E-state index in [0.717, 1.165) is 12.0 Å². The summed E-state index contributed by atoms with van der Waals surface area (Å²) in [5, 5.41) is 12.0. The number of benzene rings is 2. The number of hydrogen-bond donors (Lipinski definition) is 3. The van der Waals surface area contributed by atoms with Crippen molar-refractivity contribution in [1.29, 1.82) is 0 Å². The molecule has 4 rings (SSSR count). The van der Waals surface area contributed by atoms with E-state index >= 15 is 0 Å². The monoisotopic (exact) mass is 450 g/mol. The number of hydroxylamine groups is 1. The largest absolute Gasteiger partial charge is 0.339 e. The lowest BCUT2D eigenvalue weighted by atomic mass is 10.1. The zero-order chi connectivity index (χ0) is 23.2. The summed E-state index contributed by atoms with van der Waals surface area (Å²) < 4.78 is 0. The molecule has 0 bridgehead atoms. The minimum atomic E-state index is -0.562. The van der Waals surface area contributed by atoms with Crippen molar-refractivity contribution in [2.75, 3.05) is 32.7 Å². The van der Waals surface area contributed by atoms with Gasteiger partial charge in [-0.25, -0.2) is 5.48 Å². The molecule has 2 fully saturated rings. The molecule has 1 heterocycles. The first-order valence-corrected chi connectivity index (χ1v) is 11.4. The van der Waals surface area contributed by atoms with E-state index in [1.54, 1.807) is 29.7 Å². The Morgan fingerprint density at radius 1 is 0.879 bits per heavy atom. The second kappa shape index (κ2) is 10.6. The maximum absolute atomic E-state index is 12.6. The van der Waals surface area contributed by atoms with Crippen molar-refractivity contribution >= 4 is 17.7 Å². The number of hydrogen-bond acceptors (Lipinski definition) is 5. The standard InChI is InChI=1S/C25H30N4O4/c30-23(11-8-18-6-9-20(10-7-18)25(32)27-33)28-12-14-29(15-13-28)24(31)17-26-22-16-21(22)19-4-2-1-3-5-19/h1-7,9-10,21-22,26,33H,8,11-17H2,(H,27,32). The minimum absolute atomic E-state index is 0.0704. The van der Waals surface area contributed by atoms with Gasteiger partial charge in [-0.15, -0.1) is 0 Å². The molecule has 3 amide bonds. The lowest BCUT2D eigenvalue weighted by Gasteiger charge is -2.35. The van der Waals surface area contributed by atoms with Crippen LogP contribution in [0.5, 0.6) is 0 Å². The molecule has 2 aliphatic rings. The molecule has 3 N–H and O–H groups in total. The number of piperazine rings is 1. The third-order valence-corrected chi connectivity index (χ3v) is 6.46. The second-order valence-corrected chi connectivity index (χ2v) is 8.64. The smallest absolute Gasteiger partial charge is 0.274 e. The van der Waals surface area contributed by atoms with Gasteiger partial charge in [0.25, 0.3) is 5.91 Å². The van der Waals surface area contributed by atoms with Crippen LogP contribution in [0.4, 0.5) is 0 Å². The normalized spacial score (nSPS) is 19.8. The molecule has 174 valence electrons. The Morgan fingerprint density at radius 2 is 1.52 bits per heavy atom. The highest BCUT2D eigenvalue weighted by Crippen LogP contribution is 2.40. The van der Waals surface area contributed by atoms with E-state index < -0.39 is 5.91 Å². The number of nitrogens with zero attached hydrogens (tertiary/aromatic N) is 2. The molecular weight excluding hydrogens is 420 g/mol. The Labute approximate surface area is 193 Å². The molecule has 2 unspecified atom stereocenters. The summed E-state index contributed by atoms with van der Waals surface area (Å²) in [7, 11) is 0. The molecule has 8 nitrogen and oxygen atoms in total. The van der Waals surface area contributed by atoms with Gasteiger partial charge in [0.1, 0.15) is 0 Å². The zero-order valence-corrected chi connectivity index (χ0v) is 18.6. The van der Waals surface area contributed by atoms with Crippen LogP contribution in [0.3, 0.4) is 0 Å². The summed E-state index contributed by atoms with van der Waals surface area (Å²) >= 11 is 0. The number of aryl methyl sites for hydroxylation is 1. The second-order valence-electron chi connectivity index (χ2n) is 8.64. The molecule has 2 aromatic carbocycles. The van der Waals surface area contributed by atoms with E-state index in [9.17, 15) is 14.4 Å². The van der Waals surface area contributed by atoms with E-state index in [1.165, 1.54) is 5.56 Å². The van der Waals surface area contributed by atoms with E-state index in [0.29, 0.717) is 63.1 Å². The molecule has 1 saturated carbocycles. The molecule has 0 aromatic heterocycles. The summed E-state index contributed by atoms with van der Waals surface area (Å²) in [4.78, 5) is 40.2. The summed E-state index contributed by atoms with van der Waals surface area (Å²) in [5.74, 6) is 0.0961. The van der Waals surface area contributed by atoms with Gasteiger partial charge in [0.05, 0.1) is 6.54 Å². The van der Waals surface area contributed by atoms with Crippen molar-refractivity contribution in [3.63, 3.8) is 0 Å². The molecule has 1 aliphatic heterocycles. The SMILES string of the molecule is O=C(NO)c1ccc(CCC(=O)N2CCN(C(=O)CNC3CC3c3ccccc3)CC2)cc1. The Balaban J connectivity index is 1.14. The molecule has 1 aliphatic carbocycles. The van der Waals surface area contributed by atoms with Gasteiger partial charge in [-0.3, -0.25) is 19.6 Å². The van der Waals surface area contributed by atoms with Crippen LogP contribution in [0.1, 0.15) is 40.2 Å². The summed E-state index contributed by atoms with van der Waals surface area (Å²) in [6, 6.07) is 17.5. The Morgan fingerprint density at radius 3 is 2.15 bits per heavy atom. The third-order valence-electron chi connectivity index (χ3n) is 6.46. The number of amides is 3. The number of nitrogens with one attached hydrogen (secondary N) is 2. The average molecular weight is 451 g/mol. The molecule has 2 aromatic rings. The lowest BCUT2D eigenvalue weighted by Crippen LogP contribution is -2.52. The Kier molecular flexibility index (Phi) is 7.36. The van der Waals surface area contributed by atoms with Crippen molar-refractivity contribution in [3.8, 4) is 0 Å². The van der Waals surface area contributed by atoms with Crippen LogP contribution in [0.2, 0.25) is 0 Å². The molecule has 1 saturated heterocycles. The van der Waals surface area contributed by atoms with E-state index in [1.807, 2.05) is 28.0 Å². The van der Waals surface area contributed by atoms with Crippen molar-refractivity contribution in [3.05, 3.63) is 71.3 Å². The van der Waals surface area contributed by atoms with Crippen LogP contribution < -0.4 is 10.8 Å². The predicted octanol–water partition coefficient (Wildman–Crippen LogP) is 1.55. The molecule has 8 heteroatoms. The van der Waals surface area contributed by atoms with E-state index in [-0.39, 0.29) is 11.8 Å². The van der Waals surface area contributed by atoms with Crippen molar-refractivity contribution < 1.29 is 19.6 Å². The lowest BCUT2D eigenvalue weighted by molar-refractivity contribution is -0.139. The fourth-order valence-corrected chi connectivity index (χ4v) is 4.32. The van der Waals surface area contributed by atoms with Gasteiger partial charge in [0, 0.05) is 50.1 Å². The topological polar surface area (TPSA) is 102 Å². The fourth-order valence-electron chi connectivity index (χ4n) is 4.32. The fraction of sp³-hybridized carbons (Fsp3) is 0.400. The summed E-state index contributed by atoms with van der Waals surface area (Å²) in [5.41, 5.74) is 4.23. The summed E-state index contributed by atoms with van der Waals surface area (Å²) in [6.07, 6.45) is 2.02. The van der Waals surface area contributed by atoms with Crippen molar-refractivity contribution in [2.45, 2.75) is 31.2 Å². The zero-order valence-electron chi connectivity index (χ0n) is 18.6. The maximum Gasteiger partial charge on any atom is 0.274 e. The molecule has 2 atom stereocenters. The van der Waals surface area contributed by atoms with Crippen LogP contribution in [0, 0.1) is 0 Å². The molecule has 0 radical (unpaired) electrons. The van der Waals surface area contributed by atoms with Crippen LogP contribution >= 0.6 is 0 Å². The Bertz CT molecular complexity index is 972. The first-order valence-electron chi connectivity index (χ1n) is 11.4. The van der Waals surface area contributed by atoms with Gasteiger partial charge in [0.15, 0.2) is 0 Å². The van der Waals surface area contributed by atoms with Gasteiger partial charge in [-0.1, -0.05) is 42.5 Å². The molecule has 33 heavy (non-hydrogen) atoms. The van der Waals surface area contributed by atoms with Gasteiger partial charge >= 0.3 is 0 Å². The highest BCUT2D eigenvalue weighted by molar-refractivity contribution is 5.93. The predicted molar refractivity (Wildman–Crippen MR) is 123 cm³/mol. The number of carbonyl (C=O) groups excluding carboxylic acids is 3. The van der Waals surface area contributed by atoms with Gasteiger partial charge in [-0.05, 0) is 36.1 Å². The van der Waals surface area contributed by atoms with Crippen LogP contribution in [-0.4, -0.2) is 71.5 Å². The van der Waals surface area contributed by atoms with E-state index in [2.05, 4.69) is 17.4 Å². The average Bonchev–Trinajstić information content (AvgIpc) is 3.66. The van der Waals surface area contributed by atoms with Gasteiger partial charge < -0.3 is 15.1 Å². The van der Waals surface area contributed by atoms with E-state index in [4.69, 9.17) is 5.21 Å². The van der Waals surface area contributed by atoms with Crippen LogP contribution in [0.15, 0.2) is 54.6 Å². The number of carbonyl (C=O) groups is 3. The van der Waals surface area contributed by atoms with Crippen molar-refractivity contribution in [1.82, 2.24) is 20.6 Å². The van der Waals surface area contributed by atoms with Crippen LogP contribution in [-0.2, 0) is 16.0 Å². The molecular formula is C25H30N4O4. The highest BCUT2D eigenvalue weighted by atomic mass is 16.5. The summed E-state index contributed by atoms with van der Waals surface area (Å²) in [6.45, 7) is 2.56. The Hall–Kier alpha value is -3.23. The maximum atomic E-state index is 12.6. The van der Waals surface area contributed by atoms with Gasteiger partial charge in [0.2, 0.25) is 11.8 Å². The first kappa shape index (κ1) is 22.9. The highest BCUT2D eigenvalue weighted by Gasteiger charge is 2.38. The van der Waals surface area contributed by atoms with Gasteiger partial charge in [-0.2, -0.15) is 0 Å². The molecule has 0 spiro atoms. The third kappa shape index (κ3) is 5.97.